The Morgan fingerprint density at radius 2 is 1.79 bits per heavy atom. The molecule has 146 valence electrons. The van der Waals surface area contributed by atoms with Crippen LogP contribution in [0.25, 0.3) is 11.0 Å². The molecule has 2 aromatic heterocycles. The summed E-state index contributed by atoms with van der Waals surface area (Å²) in [6.45, 7) is 7.54. The van der Waals surface area contributed by atoms with E-state index in [0.717, 1.165) is 22.9 Å². The average molecular weight is 417 g/mol. The highest BCUT2D eigenvalue weighted by molar-refractivity contribution is 7.99. The van der Waals surface area contributed by atoms with E-state index >= 15 is 0 Å². The number of hydrogen-bond donors (Lipinski definition) is 0. The predicted molar refractivity (Wildman–Crippen MR) is 113 cm³/mol. The zero-order chi connectivity index (χ0) is 20.3. The van der Waals surface area contributed by atoms with Gasteiger partial charge in [-0.25, -0.2) is 14.8 Å². The molecule has 8 heteroatoms. The monoisotopic (exact) mass is 416 g/mol. The lowest BCUT2D eigenvalue weighted by Gasteiger charge is -2.21. The van der Waals surface area contributed by atoms with Crippen molar-refractivity contribution in [2.24, 2.45) is 0 Å². The highest BCUT2D eigenvalue weighted by atomic mass is 35.5. The second-order valence-electron chi connectivity index (χ2n) is 6.10. The molecule has 0 aliphatic carbocycles. The Kier molecular flexibility index (Phi) is 6.36. The summed E-state index contributed by atoms with van der Waals surface area (Å²) in [6, 6.07) is 9.82. The topological polar surface area (TPSA) is 68.2 Å². The number of nitrogens with zero attached hydrogens (tertiary/aromatic N) is 4. The van der Waals surface area contributed by atoms with Gasteiger partial charge in [0.15, 0.2) is 11.5 Å². The molecule has 0 amide bonds. The van der Waals surface area contributed by atoms with Gasteiger partial charge in [-0.2, -0.15) is 4.98 Å². The molecule has 3 aromatic rings. The van der Waals surface area contributed by atoms with Gasteiger partial charge in [0.2, 0.25) is 5.28 Å². The lowest BCUT2D eigenvalue weighted by Crippen LogP contribution is -2.24. The zero-order valence-corrected chi connectivity index (χ0v) is 17.8. The van der Waals surface area contributed by atoms with E-state index < -0.39 is 5.97 Å². The lowest BCUT2D eigenvalue weighted by atomic mass is 10.2. The van der Waals surface area contributed by atoms with E-state index in [1.807, 2.05) is 49.9 Å². The van der Waals surface area contributed by atoms with Gasteiger partial charge in [0.05, 0.1) is 7.11 Å². The summed E-state index contributed by atoms with van der Waals surface area (Å²) in [5.74, 6) is 0.101. The molecule has 3 rings (SSSR count). The Hall–Kier alpha value is -2.38. The smallest absolute Gasteiger partial charge is 0.356 e. The van der Waals surface area contributed by atoms with E-state index in [0.29, 0.717) is 16.9 Å². The zero-order valence-electron chi connectivity index (χ0n) is 16.2. The molecule has 2 heterocycles. The highest BCUT2D eigenvalue weighted by Gasteiger charge is 2.20. The number of carbonyl (C=O) groups excluding carboxylic acids is 1. The number of anilines is 1. The summed E-state index contributed by atoms with van der Waals surface area (Å²) in [5.41, 5.74) is 2.53. The Morgan fingerprint density at radius 3 is 2.39 bits per heavy atom. The van der Waals surface area contributed by atoms with Crippen LogP contribution in [-0.4, -0.2) is 41.1 Å². The normalized spacial score (nSPS) is 10.9. The fourth-order valence-corrected chi connectivity index (χ4v) is 3.90. The fourth-order valence-electron chi connectivity index (χ4n) is 2.80. The molecule has 0 aliphatic heterocycles. The quantitative estimate of drug-likeness (QED) is 0.423. The Morgan fingerprint density at radius 1 is 1.11 bits per heavy atom. The van der Waals surface area contributed by atoms with Crippen LogP contribution in [0, 0.1) is 6.92 Å². The van der Waals surface area contributed by atoms with Gasteiger partial charge in [0.1, 0.15) is 11.0 Å². The number of halogens is 1. The minimum absolute atomic E-state index is 0.146. The van der Waals surface area contributed by atoms with Crippen LogP contribution in [0.3, 0.4) is 0 Å². The number of fused-ring (bicyclic) bond motifs is 1. The maximum atomic E-state index is 12.2. The summed E-state index contributed by atoms with van der Waals surface area (Å²) in [6.07, 6.45) is 0. The first-order chi connectivity index (χ1) is 13.5. The first kappa shape index (κ1) is 20.4. The molecule has 0 N–H and O–H groups in total. The van der Waals surface area contributed by atoms with E-state index in [2.05, 4.69) is 15.0 Å². The molecule has 6 nitrogen and oxygen atoms in total. The van der Waals surface area contributed by atoms with Crippen LogP contribution in [0.4, 0.5) is 5.82 Å². The predicted octanol–water partition coefficient (Wildman–Crippen LogP) is 4.77. The number of rotatable bonds is 6. The van der Waals surface area contributed by atoms with Crippen molar-refractivity contribution in [3.63, 3.8) is 0 Å². The van der Waals surface area contributed by atoms with E-state index in [9.17, 15) is 4.79 Å². The van der Waals surface area contributed by atoms with Crippen molar-refractivity contribution < 1.29 is 9.53 Å². The Labute approximate surface area is 173 Å². The largest absolute Gasteiger partial charge is 0.464 e. The van der Waals surface area contributed by atoms with Gasteiger partial charge in [-0.05, 0) is 50.6 Å². The highest BCUT2D eigenvalue weighted by Crippen LogP contribution is 2.36. The molecule has 0 fully saturated rings. The van der Waals surface area contributed by atoms with Gasteiger partial charge in [-0.3, -0.25) is 0 Å². The number of carbonyl (C=O) groups is 1. The first-order valence-corrected chi connectivity index (χ1v) is 10.1. The number of aromatic nitrogens is 3. The number of ether oxygens (including phenoxy) is 1. The summed E-state index contributed by atoms with van der Waals surface area (Å²) >= 11 is 7.73. The maximum absolute atomic E-state index is 12.2. The molecule has 0 saturated carbocycles. The van der Waals surface area contributed by atoms with Crippen LogP contribution < -0.4 is 4.90 Å². The van der Waals surface area contributed by atoms with E-state index in [1.54, 1.807) is 6.07 Å². The fraction of sp³-hybridized carbons (Fsp3) is 0.300. The van der Waals surface area contributed by atoms with E-state index in [1.165, 1.54) is 24.4 Å². The van der Waals surface area contributed by atoms with Gasteiger partial charge >= 0.3 is 5.97 Å². The second kappa shape index (κ2) is 8.75. The molecule has 0 saturated heterocycles. The van der Waals surface area contributed by atoms with Crippen LogP contribution in [0.5, 0.6) is 0 Å². The molecule has 28 heavy (non-hydrogen) atoms. The number of aryl methyl sites for hydroxylation is 1. The standard InChI is InChI=1S/C20H21ClN4O2S/c1-5-25(6-2)18-17-16(23-20(21)24-18)15(11-14(22-17)19(26)27-4)28-13-9-7-12(3)8-10-13/h7-11H,5-6H2,1-4H3. The number of hydrogen-bond acceptors (Lipinski definition) is 7. The molecule has 0 spiro atoms. The van der Waals surface area contributed by atoms with Crippen molar-refractivity contribution in [3.8, 4) is 0 Å². The minimum atomic E-state index is -0.506. The Balaban J connectivity index is 2.25. The third-order valence-corrected chi connectivity index (χ3v) is 5.49. The summed E-state index contributed by atoms with van der Waals surface area (Å²) in [7, 11) is 1.34. The van der Waals surface area contributed by atoms with Crippen molar-refractivity contribution in [2.45, 2.75) is 30.6 Å². The number of esters is 1. The SMILES string of the molecule is CCN(CC)c1nc(Cl)nc2c(Sc3ccc(C)cc3)cc(C(=O)OC)nc12. The third-order valence-electron chi connectivity index (χ3n) is 4.28. The van der Waals surface area contributed by atoms with Crippen molar-refractivity contribution in [1.29, 1.82) is 0 Å². The summed E-state index contributed by atoms with van der Waals surface area (Å²) in [4.78, 5) is 29.4. The van der Waals surface area contributed by atoms with Crippen molar-refractivity contribution in [3.05, 3.63) is 46.9 Å². The number of methoxy groups -OCH3 is 1. The third kappa shape index (κ3) is 4.20. The van der Waals surface area contributed by atoms with Crippen LogP contribution >= 0.6 is 23.4 Å². The summed E-state index contributed by atoms with van der Waals surface area (Å²) < 4.78 is 4.89. The van der Waals surface area contributed by atoms with Gasteiger partial charge in [-0.15, -0.1) is 0 Å². The van der Waals surface area contributed by atoms with Gasteiger partial charge in [-0.1, -0.05) is 29.5 Å². The molecule has 0 bridgehead atoms. The van der Waals surface area contributed by atoms with Crippen LogP contribution in [0.1, 0.15) is 29.9 Å². The number of benzene rings is 1. The molecule has 0 aliphatic rings. The average Bonchev–Trinajstić information content (AvgIpc) is 2.70. The van der Waals surface area contributed by atoms with E-state index in [4.69, 9.17) is 16.3 Å². The molecular weight excluding hydrogens is 396 g/mol. The van der Waals surface area contributed by atoms with Gasteiger partial charge < -0.3 is 9.64 Å². The van der Waals surface area contributed by atoms with E-state index in [-0.39, 0.29) is 11.0 Å². The van der Waals surface area contributed by atoms with Crippen LogP contribution in [0.2, 0.25) is 5.28 Å². The lowest BCUT2D eigenvalue weighted by molar-refractivity contribution is 0.0594. The minimum Gasteiger partial charge on any atom is -0.464 e. The van der Waals surface area contributed by atoms with Crippen molar-refractivity contribution in [1.82, 2.24) is 15.0 Å². The van der Waals surface area contributed by atoms with Crippen molar-refractivity contribution >= 4 is 46.2 Å². The van der Waals surface area contributed by atoms with Gasteiger partial charge in [0, 0.05) is 22.9 Å². The molecular formula is C20H21ClN4O2S. The Bertz CT molecular complexity index is 1010. The van der Waals surface area contributed by atoms with Gasteiger partial charge in [0.25, 0.3) is 0 Å². The summed E-state index contributed by atoms with van der Waals surface area (Å²) in [5, 5.41) is 0.146. The molecule has 0 radical (unpaired) electrons. The molecule has 0 unspecified atom stereocenters. The van der Waals surface area contributed by atoms with Crippen molar-refractivity contribution in [2.75, 3.05) is 25.1 Å². The van der Waals surface area contributed by atoms with Crippen LogP contribution in [0.15, 0.2) is 40.1 Å². The second-order valence-corrected chi connectivity index (χ2v) is 7.55. The number of pyridine rings is 1. The molecule has 0 atom stereocenters. The maximum Gasteiger partial charge on any atom is 0.356 e. The first-order valence-electron chi connectivity index (χ1n) is 8.92. The van der Waals surface area contributed by atoms with Crippen LogP contribution in [-0.2, 0) is 4.74 Å². The molecule has 1 aromatic carbocycles.